The van der Waals surface area contributed by atoms with Crippen molar-refractivity contribution in [1.82, 2.24) is 4.90 Å². The molecule has 2 rings (SSSR count). The van der Waals surface area contributed by atoms with Gasteiger partial charge in [0.1, 0.15) is 6.04 Å². The van der Waals surface area contributed by atoms with Crippen LogP contribution in [-0.2, 0) is 0 Å². The second kappa shape index (κ2) is 4.29. The highest BCUT2D eigenvalue weighted by molar-refractivity contribution is 4.91. The maximum atomic E-state index is 8.68. The average molecular weight is 193 g/mol. The highest BCUT2D eigenvalue weighted by Crippen LogP contribution is 2.33. The minimum absolute atomic E-state index is 0.299. The largest absolute Gasteiger partial charge is 0.315 e. The van der Waals surface area contributed by atoms with Crippen molar-refractivity contribution < 1.29 is 0 Å². The monoisotopic (exact) mass is 193 g/mol. The van der Waals surface area contributed by atoms with Crippen molar-refractivity contribution in [2.24, 2.45) is 17.6 Å². The third-order valence-corrected chi connectivity index (χ3v) is 3.05. The smallest absolute Gasteiger partial charge is 0.106 e. The Kier molecular flexibility index (Phi) is 3.05. The van der Waals surface area contributed by atoms with Gasteiger partial charge in [0.05, 0.1) is 6.07 Å². The number of nitriles is 1. The van der Waals surface area contributed by atoms with Gasteiger partial charge < -0.3 is 10.6 Å². The van der Waals surface area contributed by atoms with E-state index in [-0.39, 0.29) is 6.04 Å². The van der Waals surface area contributed by atoms with Crippen LogP contribution in [0.25, 0.3) is 0 Å². The minimum atomic E-state index is -0.299. The first-order chi connectivity index (χ1) is 6.78. The molecule has 1 atom stereocenters. The lowest BCUT2D eigenvalue weighted by molar-refractivity contribution is 0.248. The fourth-order valence-corrected chi connectivity index (χ4v) is 1.87. The standard InChI is InChI=1S/C11H19N3/c12-5-11(13)8-14(6-9-1-2-9)7-10-3-4-10/h9-11H,1-4,6-8,13H2. The van der Waals surface area contributed by atoms with Crippen molar-refractivity contribution in [3.8, 4) is 6.07 Å². The van der Waals surface area contributed by atoms with Gasteiger partial charge in [-0.2, -0.15) is 5.26 Å². The summed E-state index contributed by atoms with van der Waals surface area (Å²) in [6, 6.07) is 1.82. The highest BCUT2D eigenvalue weighted by atomic mass is 15.1. The summed E-state index contributed by atoms with van der Waals surface area (Å²) >= 11 is 0. The second-order valence-corrected chi connectivity index (χ2v) is 4.84. The lowest BCUT2D eigenvalue weighted by atomic mass is 10.2. The molecule has 0 bridgehead atoms. The van der Waals surface area contributed by atoms with Gasteiger partial charge >= 0.3 is 0 Å². The molecule has 0 aliphatic heterocycles. The van der Waals surface area contributed by atoms with Gasteiger partial charge in [-0.1, -0.05) is 0 Å². The van der Waals surface area contributed by atoms with Gasteiger partial charge in [0, 0.05) is 19.6 Å². The predicted octanol–water partition coefficient (Wildman–Crippen LogP) is 0.959. The molecule has 0 saturated heterocycles. The molecule has 2 saturated carbocycles. The molecule has 3 heteroatoms. The molecule has 0 amide bonds. The van der Waals surface area contributed by atoms with Crippen molar-refractivity contribution in [3.63, 3.8) is 0 Å². The van der Waals surface area contributed by atoms with Gasteiger partial charge in [0.2, 0.25) is 0 Å². The van der Waals surface area contributed by atoms with Crippen LogP contribution in [0.4, 0.5) is 0 Å². The Hall–Kier alpha value is -0.590. The third kappa shape index (κ3) is 3.28. The zero-order valence-corrected chi connectivity index (χ0v) is 8.65. The number of hydrogen-bond acceptors (Lipinski definition) is 3. The molecule has 0 spiro atoms. The molecular weight excluding hydrogens is 174 g/mol. The van der Waals surface area contributed by atoms with Crippen LogP contribution in [0, 0.1) is 23.2 Å². The summed E-state index contributed by atoms with van der Waals surface area (Å²) in [5, 5.41) is 8.68. The maximum absolute atomic E-state index is 8.68. The van der Waals surface area contributed by atoms with Crippen LogP contribution in [0.3, 0.4) is 0 Å². The lowest BCUT2D eigenvalue weighted by Gasteiger charge is -2.22. The van der Waals surface area contributed by atoms with E-state index in [1.54, 1.807) is 0 Å². The molecule has 3 nitrogen and oxygen atoms in total. The molecular formula is C11H19N3. The number of hydrogen-bond donors (Lipinski definition) is 1. The average Bonchev–Trinajstić information content (AvgIpc) is 2.99. The molecule has 0 aromatic heterocycles. The first-order valence-corrected chi connectivity index (χ1v) is 5.65. The molecule has 2 aliphatic rings. The molecule has 0 radical (unpaired) electrons. The summed E-state index contributed by atoms with van der Waals surface area (Å²) in [6.07, 6.45) is 5.51. The fourth-order valence-electron chi connectivity index (χ4n) is 1.87. The first kappa shape index (κ1) is 9.95. The third-order valence-electron chi connectivity index (χ3n) is 3.05. The highest BCUT2D eigenvalue weighted by Gasteiger charge is 2.29. The van der Waals surface area contributed by atoms with E-state index in [0.29, 0.717) is 0 Å². The van der Waals surface area contributed by atoms with Gasteiger partial charge in [0.15, 0.2) is 0 Å². The van der Waals surface area contributed by atoms with Crippen molar-refractivity contribution in [1.29, 1.82) is 5.26 Å². The zero-order valence-electron chi connectivity index (χ0n) is 8.65. The normalized spacial score (nSPS) is 23.5. The molecule has 2 fully saturated rings. The van der Waals surface area contributed by atoms with E-state index in [0.717, 1.165) is 18.4 Å². The Morgan fingerprint density at radius 1 is 1.21 bits per heavy atom. The Bertz CT molecular complexity index is 211. The van der Waals surface area contributed by atoms with E-state index >= 15 is 0 Å². The second-order valence-electron chi connectivity index (χ2n) is 4.84. The van der Waals surface area contributed by atoms with E-state index < -0.39 is 0 Å². The molecule has 14 heavy (non-hydrogen) atoms. The van der Waals surface area contributed by atoms with Gasteiger partial charge in [0.25, 0.3) is 0 Å². The van der Waals surface area contributed by atoms with E-state index in [1.165, 1.54) is 38.8 Å². The van der Waals surface area contributed by atoms with Crippen LogP contribution in [0.2, 0.25) is 0 Å². The summed E-state index contributed by atoms with van der Waals surface area (Å²) in [4.78, 5) is 2.41. The number of nitrogens with two attached hydrogens (primary N) is 1. The summed E-state index contributed by atoms with van der Waals surface area (Å²) in [5.74, 6) is 1.80. The molecule has 78 valence electrons. The fraction of sp³-hybridized carbons (Fsp3) is 0.909. The van der Waals surface area contributed by atoms with E-state index in [4.69, 9.17) is 11.0 Å². The minimum Gasteiger partial charge on any atom is -0.315 e. The Labute approximate surface area is 85.9 Å². The van der Waals surface area contributed by atoms with Gasteiger partial charge in [-0.15, -0.1) is 0 Å². The maximum Gasteiger partial charge on any atom is 0.106 e. The van der Waals surface area contributed by atoms with Crippen molar-refractivity contribution in [2.45, 2.75) is 31.7 Å². The van der Waals surface area contributed by atoms with Crippen molar-refractivity contribution in [3.05, 3.63) is 0 Å². The molecule has 2 N–H and O–H groups in total. The van der Waals surface area contributed by atoms with Crippen LogP contribution in [0.1, 0.15) is 25.7 Å². The molecule has 1 unspecified atom stereocenters. The van der Waals surface area contributed by atoms with Crippen molar-refractivity contribution in [2.75, 3.05) is 19.6 Å². The predicted molar refractivity (Wildman–Crippen MR) is 55.5 cm³/mol. The summed E-state index contributed by atoms with van der Waals surface area (Å²) in [7, 11) is 0. The van der Waals surface area contributed by atoms with Gasteiger partial charge in [-0.3, -0.25) is 0 Å². The van der Waals surface area contributed by atoms with E-state index in [1.807, 2.05) is 0 Å². The van der Waals surface area contributed by atoms with E-state index in [9.17, 15) is 0 Å². The Morgan fingerprint density at radius 3 is 2.07 bits per heavy atom. The summed E-state index contributed by atoms with van der Waals surface area (Å²) in [6.45, 7) is 3.11. The molecule has 0 heterocycles. The number of rotatable bonds is 6. The SMILES string of the molecule is N#CC(N)CN(CC1CC1)CC1CC1. The van der Waals surface area contributed by atoms with Crippen LogP contribution in [0.5, 0.6) is 0 Å². The summed E-state index contributed by atoms with van der Waals surface area (Å²) in [5.41, 5.74) is 5.66. The Balaban J connectivity index is 1.74. The molecule has 0 aromatic rings. The van der Waals surface area contributed by atoms with Gasteiger partial charge in [-0.25, -0.2) is 0 Å². The van der Waals surface area contributed by atoms with Crippen LogP contribution in [-0.4, -0.2) is 30.6 Å². The topological polar surface area (TPSA) is 53.1 Å². The Morgan fingerprint density at radius 2 is 1.71 bits per heavy atom. The zero-order chi connectivity index (χ0) is 9.97. The van der Waals surface area contributed by atoms with Crippen molar-refractivity contribution >= 4 is 0 Å². The number of nitrogens with zero attached hydrogens (tertiary/aromatic N) is 2. The molecule has 2 aliphatic carbocycles. The van der Waals surface area contributed by atoms with Gasteiger partial charge in [-0.05, 0) is 37.5 Å². The van der Waals surface area contributed by atoms with Crippen LogP contribution >= 0.6 is 0 Å². The van der Waals surface area contributed by atoms with Crippen LogP contribution < -0.4 is 5.73 Å². The first-order valence-electron chi connectivity index (χ1n) is 5.65. The van der Waals surface area contributed by atoms with E-state index in [2.05, 4.69) is 11.0 Å². The summed E-state index contributed by atoms with van der Waals surface area (Å²) < 4.78 is 0. The quantitative estimate of drug-likeness (QED) is 0.683. The molecule has 0 aromatic carbocycles. The lowest BCUT2D eigenvalue weighted by Crippen LogP contribution is -2.38. The van der Waals surface area contributed by atoms with Crippen LogP contribution in [0.15, 0.2) is 0 Å².